The molecule has 27 heavy (non-hydrogen) atoms. The summed E-state index contributed by atoms with van der Waals surface area (Å²) in [7, 11) is 0. The van der Waals surface area contributed by atoms with E-state index in [1.807, 2.05) is 23.6 Å². The van der Waals surface area contributed by atoms with Gasteiger partial charge in [-0.3, -0.25) is 9.20 Å². The van der Waals surface area contributed by atoms with Crippen LogP contribution < -0.4 is 10.2 Å². The lowest BCUT2D eigenvalue weighted by atomic mass is 10.2. The van der Waals surface area contributed by atoms with Crippen LogP contribution in [0.4, 0.5) is 13.2 Å². The van der Waals surface area contributed by atoms with E-state index in [0.29, 0.717) is 0 Å². The molecule has 0 aliphatic rings. The van der Waals surface area contributed by atoms with Crippen molar-refractivity contribution in [1.82, 2.24) is 14.8 Å². The Hall–Kier alpha value is -2.88. The van der Waals surface area contributed by atoms with Gasteiger partial charge in [0.15, 0.2) is 11.6 Å². The molecular weight excluding hydrogens is 381 g/mol. The van der Waals surface area contributed by atoms with Gasteiger partial charge in [-0.25, -0.2) is 10.4 Å². The molecule has 1 aromatic carbocycles. The Bertz CT molecular complexity index is 1010. The fourth-order valence-electron chi connectivity index (χ4n) is 2.39. The quantitative estimate of drug-likeness (QED) is 0.530. The number of carbonyl (C=O) groups excluding carboxylic acids is 1. The van der Waals surface area contributed by atoms with Gasteiger partial charge in [-0.2, -0.15) is 18.3 Å². The molecule has 1 amide bonds. The molecule has 3 rings (SSSR count). The predicted molar refractivity (Wildman–Crippen MR) is 95.2 cm³/mol. The summed E-state index contributed by atoms with van der Waals surface area (Å²) in [6, 6.07) is 4.32. The minimum absolute atomic E-state index is 0.0498. The maximum atomic E-state index is 12.7. The number of hydrogen-bond donors (Lipinski definition) is 1. The van der Waals surface area contributed by atoms with Crippen molar-refractivity contribution in [1.29, 1.82) is 0 Å². The Labute approximate surface area is 156 Å². The topological polar surface area (TPSA) is 68.0 Å². The van der Waals surface area contributed by atoms with Gasteiger partial charge in [-0.05, 0) is 32.0 Å². The van der Waals surface area contributed by atoms with Crippen LogP contribution in [0.25, 0.3) is 4.96 Å². The molecule has 3 aromatic rings. The number of imidazole rings is 1. The lowest BCUT2D eigenvalue weighted by molar-refractivity contribution is -0.137. The fourth-order valence-corrected chi connectivity index (χ4v) is 3.30. The van der Waals surface area contributed by atoms with Crippen LogP contribution in [-0.2, 0) is 11.0 Å². The van der Waals surface area contributed by atoms with Crippen molar-refractivity contribution >= 4 is 28.4 Å². The number of carbonyl (C=O) groups is 1. The number of thiazole rings is 1. The number of nitrogens with one attached hydrogen (secondary N) is 1. The van der Waals surface area contributed by atoms with Crippen LogP contribution in [0, 0.1) is 13.8 Å². The number of rotatable bonds is 5. The summed E-state index contributed by atoms with van der Waals surface area (Å²) in [6.07, 6.45) is -3.00. The largest absolute Gasteiger partial charge is 0.484 e. The first-order valence-electron chi connectivity index (χ1n) is 7.81. The van der Waals surface area contributed by atoms with E-state index in [1.54, 1.807) is 0 Å². The van der Waals surface area contributed by atoms with E-state index in [4.69, 9.17) is 4.74 Å². The molecule has 0 aliphatic heterocycles. The number of aromatic nitrogens is 2. The SMILES string of the molecule is Cc1nc2scc(C)n2c1/C=N/NC(=O)COc1cccc(C(F)(F)F)c1. The van der Waals surface area contributed by atoms with Gasteiger partial charge in [-0.1, -0.05) is 6.07 Å². The highest BCUT2D eigenvalue weighted by Gasteiger charge is 2.30. The molecule has 2 aromatic heterocycles. The van der Waals surface area contributed by atoms with E-state index in [0.717, 1.165) is 34.2 Å². The van der Waals surface area contributed by atoms with E-state index in [1.165, 1.54) is 29.7 Å². The normalized spacial score (nSPS) is 12.0. The number of alkyl halides is 3. The summed E-state index contributed by atoms with van der Waals surface area (Å²) >= 11 is 1.50. The first-order chi connectivity index (χ1) is 12.8. The number of aryl methyl sites for hydroxylation is 2. The number of benzene rings is 1. The van der Waals surface area contributed by atoms with Crippen molar-refractivity contribution in [3.8, 4) is 5.75 Å². The average Bonchev–Trinajstić information content (AvgIpc) is 3.12. The van der Waals surface area contributed by atoms with Crippen LogP contribution in [0.2, 0.25) is 0 Å². The molecule has 0 saturated heterocycles. The highest BCUT2D eigenvalue weighted by molar-refractivity contribution is 7.15. The van der Waals surface area contributed by atoms with Crippen molar-refractivity contribution in [3.63, 3.8) is 0 Å². The van der Waals surface area contributed by atoms with Gasteiger partial charge in [0, 0.05) is 11.1 Å². The second-order valence-electron chi connectivity index (χ2n) is 5.68. The number of hydrazone groups is 1. The molecule has 10 heteroatoms. The lowest BCUT2D eigenvalue weighted by Gasteiger charge is -2.09. The number of halogens is 3. The van der Waals surface area contributed by atoms with E-state index in [-0.39, 0.29) is 5.75 Å². The second-order valence-corrected chi connectivity index (χ2v) is 6.52. The minimum Gasteiger partial charge on any atom is -0.484 e. The fraction of sp³-hybridized carbons (Fsp3) is 0.235. The average molecular weight is 396 g/mol. The van der Waals surface area contributed by atoms with Gasteiger partial charge in [0.25, 0.3) is 5.91 Å². The highest BCUT2D eigenvalue weighted by Crippen LogP contribution is 2.31. The molecule has 0 fully saturated rings. The first-order valence-corrected chi connectivity index (χ1v) is 8.69. The van der Waals surface area contributed by atoms with Crippen molar-refractivity contribution in [3.05, 3.63) is 52.3 Å². The Balaban J connectivity index is 1.59. The maximum absolute atomic E-state index is 12.7. The molecule has 1 N–H and O–H groups in total. The minimum atomic E-state index is -4.47. The van der Waals surface area contributed by atoms with E-state index >= 15 is 0 Å². The van der Waals surface area contributed by atoms with E-state index < -0.39 is 24.3 Å². The molecule has 0 unspecified atom stereocenters. The third-order valence-corrected chi connectivity index (χ3v) is 4.60. The predicted octanol–water partition coefficient (Wildman–Crippen LogP) is 3.56. The monoisotopic (exact) mass is 396 g/mol. The van der Waals surface area contributed by atoms with Gasteiger partial charge in [0.2, 0.25) is 0 Å². The summed E-state index contributed by atoms with van der Waals surface area (Å²) in [6.45, 7) is 3.31. The lowest BCUT2D eigenvalue weighted by Crippen LogP contribution is -2.24. The molecule has 0 atom stereocenters. The van der Waals surface area contributed by atoms with Crippen LogP contribution in [0.3, 0.4) is 0 Å². The van der Waals surface area contributed by atoms with Crippen molar-refractivity contribution in [2.24, 2.45) is 5.10 Å². The van der Waals surface area contributed by atoms with Crippen molar-refractivity contribution in [2.75, 3.05) is 6.61 Å². The zero-order chi connectivity index (χ0) is 19.6. The van der Waals surface area contributed by atoms with Gasteiger partial charge in [-0.15, -0.1) is 11.3 Å². The Morgan fingerprint density at radius 1 is 1.41 bits per heavy atom. The Morgan fingerprint density at radius 2 is 2.19 bits per heavy atom. The van der Waals surface area contributed by atoms with Crippen LogP contribution in [0.5, 0.6) is 5.75 Å². The van der Waals surface area contributed by atoms with Gasteiger partial charge < -0.3 is 4.74 Å². The molecule has 142 valence electrons. The molecule has 0 radical (unpaired) electrons. The molecule has 2 heterocycles. The zero-order valence-electron chi connectivity index (χ0n) is 14.4. The van der Waals surface area contributed by atoms with E-state index in [9.17, 15) is 18.0 Å². The summed E-state index contributed by atoms with van der Waals surface area (Å²) in [5.74, 6) is -0.643. The molecule has 0 spiro atoms. The van der Waals surface area contributed by atoms with Gasteiger partial charge in [0.05, 0.1) is 23.2 Å². The number of ether oxygens (including phenoxy) is 1. The van der Waals surface area contributed by atoms with Crippen molar-refractivity contribution in [2.45, 2.75) is 20.0 Å². The number of nitrogens with zero attached hydrogens (tertiary/aromatic N) is 3. The third-order valence-electron chi connectivity index (χ3n) is 3.66. The summed E-state index contributed by atoms with van der Waals surface area (Å²) in [4.78, 5) is 17.0. The first kappa shape index (κ1) is 18.9. The molecule has 6 nitrogen and oxygen atoms in total. The molecular formula is C17H15F3N4O2S. The van der Waals surface area contributed by atoms with Crippen molar-refractivity contribution < 1.29 is 22.7 Å². The van der Waals surface area contributed by atoms with Crippen LogP contribution in [-0.4, -0.2) is 28.1 Å². The highest BCUT2D eigenvalue weighted by atomic mass is 32.1. The Kier molecular flexibility index (Phi) is 5.17. The number of fused-ring (bicyclic) bond motifs is 1. The van der Waals surface area contributed by atoms with Crippen LogP contribution >= 0.6 is 11.3 Å². The Morgan fingerprint density at radius 3 is 2.93 bits per heavy atom. The number of hydrogen-bond acceptors (Lipinski definition) is 5. The third kappa shape index (κ3) is 4.27. The van der Waals surface area contributed by atoms with Crippen LogP contribution in [0.15, 0.2) is 34.7 Å². The standard InChI is InChI=1S/C17H15F3N4O2S/c1-10-9-27-16-22-11(2)14(24(10)16)7-21-23-15(25)8-26-13-5-3-4-12(6-13)17(18,19)20/h3-7,9H,8H2,1-2H3,(H,23,25)/b21-7+. The summed E-state index contributed by atoms with van der Waals surface area (Å²) in [5.41, 5.74) is 3.94. The van der Waals surface area contributed by atoms with Gasteiger partial charge in [0.1, 0.15) is 5.75 Å². The molecule has 0 aliphatic carbocycles. The number of amides is 1. The molecule has 0 saturated carbocycles. The smallest absolute Gasteiger partial charge is 0.416 e. The summed E-state index contributed by atoms with van der Waals surface area (Å²) < 4.78 is 45.0. The second kappa shape index (κ2) is 7.39. The van der Waals surface area contributed by atoms with Crippen LogP contribution in [0.1, 0.15) is 22.6 Å². The zero-order valence-corrected chi connectivity index (χ0v) is 15.2. The summed E-state index contributed by atoms with van der Waals surface area (Å²) in [5, 5.41) is 5.83. The maximum Gasteiger partial charge on any atom is 0.416 e. The molecule has 0 bridgehead atoms. The van der Waals surface area contributed by atoms with Gasteiger partial charge >= 0.3 is 6.18 Å². The van der Waals surface area contributed by atoms with E-state index in [2.05, 4.69) is 15.5 Å².